The fraction of sp³-hybridized carbons (Fsp3) is 0.130. The van der Waals surface area contributed by atoms with Crippen LogP contribution in [0.25, 0.3) is 23.0 Å². The summed E-state index contributed by atoms with van der Waals surface area (Å²) in [6.07, 6.45) is 3.21. The average Bonchev–Trinajstić information content (AvgIpc) is 3.15. The fourth-order valence-corrected chi connectivity index (χ4v) is 3.16. The molecule has 0 unspecified atom stereocenters. The number of aromatic nitrogens is 2. The van der Waals surface area contributed by atoms with Crippen molar-refractivity contribution in [2.24, 2.45) is 0 Å². The number of imide groups is 2. The van der Waals surface area contributed by atoms with Gasteiger partial charge in [-0.1, -0.05) is 18.2 Å². The molecule has 0 spiro atoms. The number of urea groups is 1. The van der Waals surface area contributed by atoms with E-state index in [0.29, 0.717) is 11.3 Å². The minimum Gasteiger partial charge on any atom is -0.491 e. The van der Waals surface area contributed by atoms with Crippen molar-refractivity contribution in [2.45, 2.75) is 20.0 Å². The summed E-state index contributed by atoms with van der Waals surface area (Å²) in [7, 11) is 0. The molecular weight excluding hydrogens is 396 g/mol. The molecule has 156 valence electrons. The van der Waals surface area contributed by atoms with Crippen molar-refractivity contribution in [3.8, 4) is 22.7 Å². The first-order valence-corrected chi connectivity index (χ1v) is 9.71. The van der Waals surface area contributed by atoms with E-state index < -0.39 is 17.8 Å². The van der Waals surface area contributed by atoms with E-state index in [4.69, 9.17) is 4.74 Å². The topological polar surface area (TPSA) is 102 Å². The van der Waals surface area contributed by atoms with E-state index in [9.17, 15) is 14.4 Å². The lowest BCUT2D eigenvalue weighted by atomic mass is 10.0. The number of hydrogen-bond donors (Lipinski definition) is 2. The lowest BCUT2D eigenvalue weighted by molar-refractivity contribution is -0.123. The number of benzene rings is 2. The molecule has 1 aliphatic rings. The molecule has 2 aromatic carbocycles. The van der Waals surface area contributed by atoms with Crippen molar-refractivity contribution in [2.75, 3.05) is 0 Å². The summed E-state index contributed by atoms with van der Waals surface area (Å²) < 4.78 is 7.36. The molecule has 2 heterocycles. The third-order valence-electron chi connectivity index (χ3n) is 4.51. The van der Waals surface area contributed by atoms with Crippen LogP contribution in [0, 0.1) is 0 Å². The first kappa shape index (κ1) is 20.1. The number of amides is 4. The molecule has 1 saturated heterocycles. The van der Waals surface area contributed by atoms with E-state index in [-0.39, 0.29) is 11.7 Å². The van der Waals surface area contributed by atoms with Crippen LogP contribution in [0.4, 0.5) is 4.79 Å². The van der Waals surface area contributed by atoms with E-state index in [2.05, 4.69) is 15.7 Å². The van der Waals surface area contributed by atoms with E-state index in [1.165, 1.54) is 6.08 Å². The Balaban J connectivity index is 1.79. The van der Waals surface area contributed by atoms with Gasteiger partial charge in [0.15, 0.2) is 0 Å². The molecule has 8 heteroatoms. The molecule has 0 radical (unpaired) electrons. The third-order valence-corrected chi connectivity index (χ3v) is 4.51. The van der Waals surface area contributed by atoms with Crippen molar-refractivity contribution < 1.29 is 19.1 Å². The second-order valence-electron chi connectivity index (χ2n) is 7.20. The van der Waals surface area contributed by atoms with Crippen molar-refractivity contribution in [3.05, 3.63) is 71.9 Å². The van der Waals surface area contributed by atoms with Crippen LogP contribution >= 0.6 is 0 Å². The Hall–Kier alpha value is -4.20. The normalized spacial score (nSPS) is 13.8. The van der Waals surface area contributed by atoms with Gasteiger partial charge in [0.25, 0.3) is 11.8 Å². The van der Waals surface area contributed by atoms with Crippen LogP contribution < -0.4 is 15.4 Å². The van der Waals surface area contributed by atoms with Crippen LogP contribution in [-0.2, 0) is 9.59 Å². The summed E-state index contributed by atoms with van der Waals surface area (Å²) in [4.78, 5) is 35.7. The van der Waals surface area contributed by atoms with Crippen LogP contribution in [0.5, 0.6) is 5.75 Å². The van der Waals surface area contributed by atoms with Gasteiger partial charge in [-0.25, -0.2) is 9.48 Å². The van der Waals surface area contributed by atoms with Crippen LogP contribution in [-0.4, -0.2) is 33.7 Å². The maximum Gasteiger partial charge on any atom is 0.328 e. The van der Waals surface area contributed by atoms with Gasteiger partial charge in [-0.05, 0) is 56.3 Å². The largest absolute Gasteiger partial charge is 0.491 e. The number of rotatable bonds is 5. The fourth-order valence-electron chi connectivity index (χ4n) is 3.16. The molecule has 4 amide bonds. The zero-order valence-electron chi connectivity index (χ0n) is 17.0. The van der Waals surface area contributed by atoms with Gasteiger partial charge in [0.1, 0.15) is 11.3 Å². The second-order valence-corrected chi connectivity index (χ2v) is 7.20. The monoisotopic (exact) mass is 416 g/mol. The average molecular weight is 416 g/mol. The van der Waals surface area contributed by atoms with Crippen LogP contribution in [0.2, 0.25) is 0 Å². The van der Waals surface area contributed by atoms with E-state index in [0.717, 1.165) is 17.0 Å². The molecule has 8 nitrogen and oxygen atoms in total. The number of carbonyl (C=O) groups excluding carboxylic acids is 3. The van der Waals surface area contributed by atoms with Crippen LogP contribution in [0.1, 0.15) is 19.4 Å². The Labute approximate surface area is 178 Å². The third kappa shape index (κ3) is 4.37. The van der Waals surface area contributed by atoms with Crippen molar-refractivity contribution in [1.29, 1.82) is 0 Å². The minimum absolute atomic E-state index is 0.0504. The maximum absolute atomic E-state index is 12.2. The molecule has 1 fully saturated rings. The zero-order chi connectivity index (χ0) is 22.0. The number of barbiturate groups is 1. The molecule has 1 aromatic heterocycles. The van der Waals surface area contributed by atoms with Gasteiger partial charge in [-0.15, -0.1) is 0 Å². The van der Waals surface area contributed by atoms with Gasteiger partial charge in [0.05, 0.1) is 17.5 Å². The summed E-state index contributed by atoms with van der Waals surface area (Å²) in [5.74, 6) is -0.786. The first-order valence-electron chi connectivity index (χ1n) is 9.71. The van der Waals surface area contributed by atoms with Crippen molar-refractivity contribution in [3.63, 3.8) is 0 Å². The summed E-state index contributed by atoms with van der Waals surface area (Å²) >= 11 is 0. The molecule has 0 atom stereocenters. The Morgan fingerprint density at radius 1 is 0.935 bits per heavy atom. The highest BCUT2D eigenvalue weighted by Crippen LogP contribution is 2.28. The SMILES string of the molecule is CC(C)Oc1ccc(-c2nn(-c3ccccc3)cc2C=C2C(=O)NC(=O)NC2=O)cc1. The number of hydrogen-bond acceptors (Lipinski definition) is 5. The predicted octanol–water partition coefficient (Wildman–Crippen LogP) is 3.08. The highest BCUT2D eigenvalue weighted by atomic mass is 16.5. The number of ether oxygens (including phenoxy) is 1. The number of carbonyl (C=O) groups is 3. The molecule has 1 aliphatic heterocycles. The van der Waals surface area contributed by atoms with Gasteiger partial charge >= 0.3 is 6.03 Å². The van der Waals surface area contributed by atoms with E-state index in [1.54, 1.807) is 10.9 Å². The van der Waals surface area contributed by atoms with Crippen molar-refractivity contribution in [1.82, 2.24) is 20.4 Å². The Morgan fingerprint density at radius 2 is 1.58 bits per heavy atom. The minimum atomic E-state index is -0.840. The maximum atomic E-state index is 12.2. The Bertz CT molecular complexity index is 1160. The molecule has 0 saturated carbocycles. The van der Waals surface area contributed by atoms with Crippen LogP contribution in [0.3, 0.4) is 0 Å². The predicted molar refractivity (Wildman–Crippen MR) is 114 cm³/mol. The first-order chi connectivity index (χ1) is 14.9. The second kappa shape index (κ2) is 8.27. The molecule has 0 aliphatic carbocycles. The highest BCUT2D eigenvalue weighted by molar-refractivity contribution is 6.31. The summed E-state index contributed by atoms with van der Waals surface area (Å²) in [5, 5.41) is 8.84. The number of nitrogens with zero attached hydrogens (tertiary/aromatic N) is 2. The van der Waals surface area contributed by atoms with E-state index in [1.807, 2.05) is 68.4 Å². The number of para-hydroxylation sites is 1. The standard InChI is InChI=1S/C23H20N4O4/c1-14(2)31-18-10-8-15(9-11-18)20-16(12-19-21(28)24-23(30)25-22(19)29)13-27(26-20)17-6-4-3-5-7-17/h3-14H,1-2H3,(H2,24,25,28,29,30). The Kier molecular flexibility index (Phi) is 5.36. The molecule has 3 aromatic rings. The quantitative estimate of drug-likeness (QED) is 0.492. The van der Waals surface area contributed by atoms with Crippen molar-refractivity contribution >= 4 is 23.9 Å². The molecule has 0 bridgehead atoms. The van der Waals surface area contributed by atoms with Gasteiger partial charge in [-0.2, -0.15) is 5.10 Å². The highest BCUT2D eigenvalue weighted by Gasteiger charge is 2.28. The molecular formula is C23H20N4O4. The van der Waals surface area contributed by atoms with Gasteiger partial charge in [0.2, 0.25) is 0 Å². The lowest BCUT2D eigenvalue weighted by Crippen LogP contribution is -2.51. The van der Waals surface area contributed by atoms with E-state index >= 15 is 0 Å². The summed E-state index contributed by atoms with van der Waals surface area (Å²) in [6, 6.07) is 16.0. The smallest absolute Gasteiger partial charge is 0.328 e. The Morgan fingerprint density at radius 3 is 2.19 bits per heavy atom. The zero-order valence-corrected chi connectivity index (χ0v) is 17.0. The van der Waals surface area contributed by atoms with Gasteiger partial charge < -0.3 is 4.74 Å². The number of nitrogens with one attached hydrogen (secondary N) is 2. The summed E-state index contributed by atoms with van der Waals surface area (Å²) in [6.45, 7) is 3.90. The molecule has 2 N–H and O–H groups in total. The van der Waals surface area contributed by atoms with Crippen LogP contribution in [0.15, 0.2) is 66.4 Å². The van der Waals surface area contributed by atoms with Gasteiger partial charge in [0, 0.05) is 17.3 Å². The van der Waals surface area contributed by atoms with Gasteiger partial charge in [-0.3, -0.25) is 20.2 Å². The lowest BCUT2D eigenvalue weighted by Gasteiger charge is -2.13. The molecule has 4 rings (SSSR count). The summed E-state index contributed by atoms with van der Waals surface area (Å²) in [5.41, 5.74) is 2.56. The molecule has 31 heavy (non-hydrogen) atoms.